The van der Waals surface area contributed by atoms with Gasteiger partial charge >= 0.3 is 0 Å². The number of nitrogens with one attached hydrogen (secondary N) is 2. The molecule has 0 radical (unpaired) electrons. The number of nitrogens with two attached hydrogens (primary N) is 1. The summed E-state index contributed by atoms with van der Waals surface area (Å²) in [5.74, 6) is 1.25. The van der Waals surface area contributed by atoms with Gasteiger partial charge in [-0.05, 0) is 32.0 Å². The summed E-state index contributed by atoms with van der Waals surface area (Å²) in [6, 6.07) is 5.11. The second kappa shape index (κ2) is 5.64. The molecule has 6 nitrogen and oxygen atoms in total. The Labute approximate surface area is 117 Å². The van der Waals surface area contributed by atoms with Gasteiger partial charge in [-0.25, -0.2) is 4.98 Å². The monoisotopic (exact) mass is 274 g/mol. The Kier molecular flexibility index (Phi) is 3.93. The molecule has 0 saturated carbocycles. The van der Waals surface area contributed by atoms with Crippen LogP contribution in [0.15, 0.2) is 22.6 Å². The molecule has 0 saturated heterocycles. The molecule has 0 unspecified atom stereocenters. The molecule has 0 aliphatic rings. The van der Waals surface area contributed by atoms with Crippen molar-refractivity contribution >= 4 is 17.3 Å². The second-order valence-corrected chi connectivity index (χ2v) is 4.48. The molecule has 0 fully saturated rings. The van der Waals surface area contributed by atoms with Gasteiger partial charge in [0.2, 0.25) is 5.89 Å². The van der Waals surface area contributed by atoms with Crippen LogP contribution in [0.4, 0.5) is 11.4 Å². The molecule has 106 valence electrons. The van der Waals surface area contributed by atoms with Crippen LogP contribution in [0.3, 0.4) is 0 Å². The summed E-state index contributed by atoms with van der Waals surface area (Å²) in [4.78, 5) is 15.8. The molecule has 0 aliphatic heterocycles. The fourth-order valence-electron chi connectivity index (χ4n) is 1.79. The van der Waals surface area contributed by atoms with E-state index < -0.39 is 0 Å². The van der Waals surface area contributed by atoms with Crippen molar-refractivity contribution in [2.45, 2.75) is 20.4 Å². The van der Waals surface area contributed by atoms with E-state index in [-0.39, 0.29) is 5.91 Å². The van der Waals surface area contributed by atoms with Crippen molar-refractivity contribution in [2.75, 3.05) is 18.1 Å². The van der Waals surface area contributed by atoms with Gasteiger partial charge in [0.1, 0.15) is 5.76 Å². The van der Waals surface area contributed by atoms with Crippen LogP contribution >= 0.6 is 0 Å². The van der Waals surface area contributed by atoms with E-state index in [0.29, 0.717) is 23.7 Å². The summed E-state index contributed by atoms with van der Waals surface area (Å²) >= 11 is 0. The highest BCUT2D eigenvalue weighted by molar-refractivity contribution is 5.95. The predicted molar refractivity (Wildman–Crippen MR) is 77.5 cm³/mol. The predicted octanol–water partition coefficient (Wildman–Crippen LogP) is 1.85. The van der Waals surface area contributed by atoms with Crippen LogP contribution in [0.5, 0.6) is 0 Å². The zero-order valence-electron chi connectivity index (χ0n) is 11.8. The maximum atomic E-state index is 11.5. The van der Waals surface area contributed by atoms with E-state index in [9.17, 15) is 4.79 Å². The molecule has 0 aliphatic carbocycles. The van der Waals surface area contributed by atoms with Crippen LogP contribution in [0.25, 0.3) is 0 Å². The van der Waals surface area contributed by atoms with E-state index in [4.69, 9.17) is 10.2 Å². The third kappa shape index (κ3) is 2.90. The van der Waals surface area contributed by atoms with Crippen LogP contribution < -0.4 is 16.4 Å². The molecule has 2 aromatic rings. The Morgan fingerprint density at radius 1 is 1.40 bits per heavy atom. The lowest BCUT2D eigenvalue weighted by Gasteiger charge is -2.09. The molecule has 1 aromatic heterocycles. The molecule has 6 heteroatoms. The summed E-state index contributed by atoms with van der Waals surface area (Å²) < 4.78 is 5.48. The van der Waals surface area contributed by atoms with Crippen LogP contribution in [-0.2, 0) is 6.54 Å². The van der Waals surface area contributed by atoms with Crippen LogP contribution in [0.2, 0.25) is 0 Å². The summed E-state index contributed by atoms with van der Waals surface area (Å²) in [6.07, 6.45) is 0. The van der Waals surface area contributed by atoms with E-state index >= 15 is 0 Å². The van der Waals surface area contributed by atoms with Crippen molar-refractivity contribution in [1.82, 2.24) is 10.3 Å². The first-order valence-electron chi connectivity index (χ1n) is 6.29. The molecule has 0 spiro atoms. The van der Waals surface area contributed by atoms with Gasteiger partial charge in [0, 0.05) is 12.6 Å². The van der Waals surface area contributed by atoms with E-state index in [1.54, 1.807) is 25.2 Å². The SMILES string of the molecule is CNC(=O)c1ccc(NCc2nc(C)c(C)o2)c(N)c1. The number of rotatable bonds is 4. The summed E-state index contributed by atoms with van der Waals surface area (Å²) in [7, 11) is 1.58. The van der Waals surface area contributed by atoms with Gasteiger partial charge in [-0.15, -0.1) is 0 Å². The van der Waals surface area contributed by atoms with Crippen molar-refractivity contribution in [2.24, 2.45) is 0 Å². The van der Waals surface area contributed by atoms with Crippen molar-refractivity contribution in [3.63, 3.8) is 0 Å². The number of anilines is 2. The quantitative estimate of drug-likeness (QED) is 0.740. The maximum absolute atomic E-state index is 11.5. The highest BCUT2D eigenvalue weighted by Crippen LogP contribution is 2.21. The fraction of sp³-hybridized carbons (Fsp3) is 0.286. The number of aromatic nitrogens is 1. The molecular formula is C14H18N4O2. The van der Waals surface area contributed by atoms with E-state index in [1.807, 2.05) is 13.8 Å². The van der Waals surface area contributed by atoms with Crippen molar-refractivity contribution in [3.05, 3.63) is 41.1 Å². The third-order valence-electron chi connectivity index (χ3n) is 3.04. The Morgan fingerprint density at radius 3 is 2.70 bits per heavy atom. The number of carbonyl (C=O) groups excluding carboxylic acids is 1. The van der Waals surface area contributed by atoms with E-state index in [0.717, 1.165) is 17.1 Å². The van der Waals surface area contributed by atoms with Crippen molar-refractivity contribution in [1.29, 1.82) is 0 Å². The summed E-state index contributed by atoms with van der Waals surface area (Å²) in [5, 5.41) is 5.70. The summed E-state index contributed by atoms with van der Waals surface area (Å²) in [6.45, 7) is 4.21. The van der Waals surface area contributed by atoms with Gasteiger partial charge in [0.25, 0.3) is 5.91 Å². The lowest BCUT2D eigenvalue weighted by molar-refractivity contribution is 0.0963. The number of carbonyl (C=O) groups is 1. The molecule has 1 aromatic carbocycles. The number of benzene rings is 1. The highest BCUT2D eigenvalue weighted by Gasteiger charge is 2.08. The van der Waals surface area contributed by atoms with Crippen LogP contribution in [0.1, 0.15) is 27.7 Å². The summed E-state index contributed by atoms with van der Waals surface area (Å²) in [5.41, 5.74) is 8.57. The fourth-order valence-corrected chi connectivity index (χ4v) is 1.79. The van der Waals surface area contributed by atoms with Gasteiger partial charge in [0.05, 0.1) is 23.6 Å². The molecular weight excluding hydrogens is 256 g/mol. The van der Waals surface area contributed by atoms with Crippen LogP contribution in [0, 0.1) is 13.8 Å². The first-order chi connectivity index (χ1) is 9.51. The standard InChI is InChI=1S/C14H18N4O2/c1-8-9(2)20-13(18-8)7-17-12-5-4-10(6-11(12)15)14(19)16-3/h4-6,17H,7,15H2,1-3H3,(H,16,19). The average Bonchev–Trinajstić information content (AvgIpc) is 2.75. The van der Waals surface area contributed by atoms with E-state index in [1.165, 1.54) is 0 Å². The number of oxazole rings is 1. The normalized spacial score (nSPS) is 10.3. The zero-order chi connectivity index (χ0) is 14.7. The van der Waals surface area contributed by atoms with E-state index in [2.05, 4.69) is 15.6 Å². The molecule has 2 rings (SSSR count). The number of hydrogen-bond acceptors (Lipinski definition) is 5. The number of amides is 1. The average molecular weight is 274 g/mol. The Balaban J connectivity index is 2.08. The van der Waals surface area contributed by atoms with Gasteiger partial charge in [-0.3, -0.25) is 4.79 Å². The minimum Gasteiger partial charge on any atom is -0.444 e. The lowest BCUT2D eigenvalue weighted by atomic mass is 10.1. The first kappa shape index (κ1) is 13.9. The van der Waals surface area contributed by atoms with Crippen LogP contribution in [-0.4, -0.2) is 17.9 Å². The number of nitrogens with zero attached hydrogens (tertiary/aromatic N) is 1. The van der Waals surface area contributed by atoms with Gasteiger partial charge in [-0.2, -0.15) is 0 Å². The minimum absolute atomic E-state index is 0.165. The molecule has 1 heterocycles. The van der Waals surface area contributed by atoms with Gasteiger partial charge in [0.15, 0.2) is 0 Å². The van der Waals surface area contributed by atoms with Crippen molar-refractivity contribution < 1.29 is 9.21 Å². The van der Waals surface area contributed by atoms with Gasteiger partial charge < -0.3 is 20.8 Å². The maximum Gasteiger partial charge on any atom is 0.251 e. The number of nitrogen functional groups attached to an aromatic ring is 1. The van der Waals surface area contributed by atoms with Crippen molar-refractivity contribution in [3.8, 4) is 0 Å². The topological polar surface area (TPSA) is 93.2 Å². The first-order valence-corrected chi connectivity index (χ1v) is 6.29. The number of hydrogen-bond donors (Lipinski definition) is 3. The minimum atomic E-state index is -0.165. The Morgan fingerprint density at radius 2 is 2.15 bits per heavy atom. The smallest absolute Gasteiger partial charge is 0.251 e. The lowest BCUT2D eigenvalue weighted by Crippen LogP contribution is -2.18. The Hall–Kier alpha value is -2.50. The second-order valence-electron chi connectivity index (χ2n) is 4.48. The molecule has 0 bridgehead atoms. The zero-order valence-corrected chi connectivity index (χ0v) is 11.8. The molecule has 0 atom stereocenters. The highest BCUT2D eigenvalue weighted by atomic mass is 16.4. The Bertz CT molecular complexity index is 615. The number of aryl methyl sites for hydroxylation is 2. The van der Waals surface area contributed by atoms with Gasteiger partial charge in [-0.1, -0.05) is 0 Å². The largest absolute Gasteiger partial charge is 0.444 e. The molecule has 4 N–H and O–H groups in total. The third-order valence-corrected chi connectivity index (χ3v) is 3.04. The molecule has 1 amide bonds. The molecule has 20 heavy (non-hydrogen) atoms.